The molecule has 0 aromatic carbocycles. The van der Waals surface area contributed by atoms with E-state index in [9.17, 15) is 0 Å². The van der Waals surface area contributed by atoms with Crippen molar-refractivity contribution in [2.24, 2.45) is 0 Å². The number of likely N-dealkylation sites (N-methyl/N-ethyl adjacent to an activating group) is 1. The minimum absolute atomic E-state index is 0.229. The summed E-state index contributed by atoms with van der Waals surface area (Å²) in [6, 6.07) is 0. The molecule has 0 aromatic rings. The second kappa shape index (κ2) is 7.98. The first-order valence-corrected chi connectivity index (χ1v) is 4.29. The zero-order valence-corrected chi connectivity index (χ0v) is 7.29. The molecule has 11 heavy (non-hydrogen) atoms. The number of rotatable bonds is 7. The summed E-state index contributed by atoms with van der Waals surface area (Å²) in [5, 5.41) is 17.1. The lowest BCUT2D eigenvalue weighted by atomic mass is 10.3. The Hall–Kier alpha value is -0.120. The van der Waals surface area contributed by atoms with Crippen LogP contribution in [0, 0.1) is 0 Å². The van der Waals surface area contributed by atoms with E-state index in [2.05, 4.69) is 11.8 Å². The SMILES string of the molecule is CCN(CCO)CCCCO. The van der Waals surface area contributed by atoms with E-state index in [1.54, 1.807) is 0 Å². The fraction of sp³-hybridized carbons (Fsp3) is 1.00. The highest BCUT2D eigenvalue weighted by Crippen LogP contribution is 1.93. The Morgan fingerprint density at radius 3 is 2.18 bits per heavy atom. The lowest BCUT2D eigenvalue weighted by Crippen LogP contribution is -2.27. The maximum Gasteiger partial charge on any atom is 0.0558 e. The molecule has 68 valence electrons. The van der Waals surface area contributed by atoms with E-state index in [1.807, 2.05) is 0 Å². The molecule has 0 aliphatic carbocycles. The molecule has 3 heteroatoms. The molecular formula is C8H19NO2. The summed E-state index contributed by atoms with van der Waals surface area (Å²) < 4.78 is 0. The Kier molecular flexibility index (Phi) is 7.89. The van der Waals surface area contributed by atoms with Crippen molar-refractivity contribution in [1.29, 1.82) is 0 Å². The summed E-state index contributed by atoms with van der Waals surface area (Å²) in [4.78, 5) is 2.18. The lowest BCUT2D eigenvalue weighted by Gasteiger charge is -2.18. The summed E-state index contributed by atoms with van der Waals surface area (Å²) in [5.41, 5.74) is 0. The van der Waals surface area contributed by atoms with Gasteiger partial charge in [0, 0.05) is 13.2 Å². The van der Waals surface area contributed by atoms with Gasteiger partial charge in [-0.2, -0.15) is 0 Å². The highest BCUT2D eigenvalue weighted by molar-refractivity contribution is 4.53. The van der Waals surface area contributed by atoms with E-state index in [-0.39, 0.29) is 13.2 Å². The summed E-state index contributed by atoms with van der Waals surface area (Å²) in [6.45, 7) is 5.30. The van der Waals surface area contributed by atoms with E-state index in [0.717, 1.165) is 32.5 Å². The standard InChI is InChI=1S/C8H19NO2/c1-2-9(6-8-11)5-3-4-7-10/h10-11H,2-8H2,1H3. The molecule has 3 nitrogen and oxygen atoms in total. The largest absolute Gasteiger partial charge is 0.396 e. The van der Waals surface area contributed by atoms with Crippen LogP contribution in [-0.2, 0) is 0 Å². The van der Waals surface area contributed by atoms with Crippen LogP contribution in [-0.4, -0.2) is 48.0 Å². The van der Waals surface area contributed by atoms with Gasteiger partial charge < -0.3 is 15.1 Å². The quantitative estimate of drug-likeness (QED) is 0.519. The summed E-state index contributed by atoms with van der Waals surface area (Å²) in [5.74, 6) is 0. The molecule has 0 unspecified atom stereocenters. The van der Waals surface area contributed by atoms with E-state index in [0.29, 0.717) is 0 Å². The molecule has 0 saturated heterocycles. The average Bonchev–Trinajstić information content (AvgIpc) is 2.03. The highest BCUT2D eigenvalue weighted by Gasteiger charge is 1.98. The Morgan fingerprint density at radius 2 is 1.73 bits per heavy atom. The second-order valence-corrected chi connectivity index (χ2v) is 2.59. The molecule has 0 aliphatic heterocycles. The third-order valence-electron chi connectivity index (χ3n) is 1.75. The van der Waals surface area contributed by atoms with Gasteiger partial charge in [-0.25, -0.2) is 0 Å². The normalized spacial score (nSPS) is 10.9. The van der Waals surface area contributed by atoms with E-state index < -0.39 is 0 Å². The predicted octanol–water partition coefficient (Wildman–Crippen LogP) is 0.0731. The zero-order valence-electron chi connectivity index (χ0n) is 7.29. The Labute approximate surface area is 68.6 Å². The highest BCUT2D eigenvalue weighted by atomic mass is 16.3. The van der Waals surface area contributed by atoms with Crippen LogP contribution in [0.5, 0.6) is 0 Å². The monoisotopic (exact) mass is 161 g/mol. The van der Waals surface area contributed by atoms with Gasteiger partial charge in [0.25, 0.3) is 0 Å². The molecule has 0 saturated carbocycles. The predicted molar refractivity (Wildman–Crippen MR) is 45.5 cm³/mol. The number of unbranched alkanes of at least 4 members (excludes halogenated alkanes) is 1. The summed E-state index contributed by atoms with van der Waals surface area (Å²) in [6.07, 6.45) is 1.88. The van der Waals surface area contributed by atoms with Crippen LogP contribution in [0.3, 0.4) is 0 Å². The first-order chi connectivity index (χ1) is 5.35. The van der Waals surface area contributed by atoms with Crippen LogP contribution in [0.4, 0.5) is 0 Å². The van der Waals surface area contributed by atoms with E-state index in [4.69, 9.17) is 10.2 Å². The molecule has 0 rings (SSSR count). The van der Waals surface area contributed by atoms with Gasteiger partial charge in [-0.3, -0.25) is 0 Å². The van der Waals surface area contributed by atoms with Crippen LogP contribution in [0.1, 0.15) is 19.8 Å². The van der Waals surface area contributed by atoms with Crippen molar-refractivity contribution in [2.45, 2.75) is 19.8 Å². The third kappa shape index (κ3) is 6.28. The summed E-state index contributed by atoms with van der Waals surface area (Å²) in [7, 11) is 0. The molecule has 2 N–H and O–H groups in total. The molecule has 0 aromatic heterocycles. The van der Waals surface area contributed by atoms with Crippen molar-refractivity contribution in [1.82, 2.24) is 4.90 Å². The van der Waals surface area contributed by atoms with Crippen LogP contribution < -0.4 is 0 Å². The second-order valence-electron chi connectivity index (χ2n) is 2.59. The number of aliphatic hydroxyl groups is 2. The molecule has 0 amide bonds. The maximum absolute atomic E-state index is 8.63. The van der Waals surface area contributed by atoms with E-state index in [1.165, 1.54) is 0 Å². The lowest BCUT2D eigenvalue weighted by molar-refractivity contribution is 0.194. The van der Waals surface area contributed by atoms with Crippen LogP contribution in [0.2, 0.25) is 0 Å². The minimum atomic E-state index is 0.229. The van der Waals surface area contributed by atoms with Gasteiger partial charge in [-0.1, -0.05) is 6.92 Å². The Morgan fingerprint density at radius 1 is 1.00 bits per heavy atom. The molecule has 0 spiro atoms. The number of hydrogen-bond donors (Lipinski definition) is 2. The molecule has 0 fully saturated rings. The van der Waals surface area contributed by atoms with Crippen molar-refractivity contribution in [2.75, 3.05) is 32.8 Å². The molecule has 0 bridgehead atoms. The third-order valence-corrected chi connectivity index (χ3v) is 1.75. The summed E-state index contributed by atoms with van der Waals surface area (Å²) >= 11 is 0. The average molecular weight is 161 g/mol. The van der Waals surface area contributed by atoms with Gasteiger partial charge in [-0.15, -0.1) is 0 Å². The van der Waals surface area contributed by atoms with Crippen molar-refractivity contribution in [3.8, 4) is 0 Å². The topological polar surface area (TPSA) is 43.7 Å². The van der Waals surface area contributed by atoms with Gasteiger partial charge in [0.1, 0.15) is 0 Å². The van der Waals surface area contributed by atoms with Crippen molar-refractivity contribution < 1.29 is 10.2 Å². The fourth-order valence-corrected chi connectivity index (χ4v) is 1.02. The van der Waals surface area contributed by atoms with Gasteiger partial charge in [0.2, 0.25) is 0 Å². The zero-order chi connectivity index (χ0) is 8.53. The fourth-order valence-electron chi connectivity index (χ4n) is 1.02. The first-order valence-electron chi connectivity index (χ1n) is 4.29. The number of aliphatic hydroxyl groups excluding tert-OH is 2. The molecular weight excluding hydrogens is 142 g/mol. The molecule has 0 radical (unpaired) electrons. The Bertz CT molecular complexity index is 78.5. The van der Waals surface area contributed by atoms with Gasteiger partial charge in [-0.05, 0) is 25.9 Å². The van der Waals surface area contributed by atoms with Crippen molar-refractivity contribution in [3.05, 3.63) is 0 Å². The van der Waals surface area contributed by atoms with E-state index >= 15 is 0 Å². The van der Waals surface area contributed by atoms with Crippen molar-refractivity contribution >= 4 is 0 Å². The van der Waals surface area contributed by atoms with Crippen LogP contribution in [0.25, 0.3) is 0 Å². The molecule has 0 aliphatic rings. The molecule has 0 atom stereocenters. The Balaban J connectivity index is 3.20. The maximum atomic E-state index is 8.63. The van der Waals surface area contributed by atoms with Gasteiger partial charge >= 0.3 is 0 Å². The first kappa shape index (κ1) is 10.9. The molecule has 0 heterocycles. The van der Waals surface area contributed by atoms with Crippen LogP contribution in [0.15, 0.2) is 0 Å². The van der Waals surface area contributed by atoms with Crippen molar-refractivity contribution in [3.63, 3.8) is 0 Å². The van der Waals surface area contributed by atoms with Crippen LogP contribution >= 0.6 is 0 Å². The van der Waals surface area contributed by atoms with Gasteiger partial charge in [0.15, 0.2) is 0 Å². The minimum Gasteiger partial charge on any atom is -0.396 e. The number of nitrogens with zero attached hydrogens (tertiary/aromatic N) is 1. The van der Waals surface area contributed by atoms with Gasteiger partial charge in [0.05, 0.1) is 6.61 Å². The number of hydrogen-bond acceptors (Lipinski definition) is 3. The smallest absolute Gasteiger partial charge is 0.0558 e.